The van der Waals surface area contributed by atoms with E-state index in [-0.39, 0.29) is 18.5 Å². The number of hydrogen-bond donors (Lipinski definition) is 2. The molecule has 0 radical (unpaired) electrons. The van der Waals surface area contributed by atoms with E-state index in [0.717, 1.165) is 30.5 Å². The predicted molar refractivity (Wildman–Crippen MR) is 72.1 cm³/mol. The monoisotopic (exact) mass is 249 g/mol. The first kappa shape index (κ1) is 13.1. The molecule has 18 heavy (non-hydrogen) atoms. The Balaban J connectivity index is 2.07. The molecule has 0 fully saturated rings. The molecule has 0 aliphatic heterocycles. The largest absolute Gasteiger partial charge is 0.394 e. The summed E-state index contributed by atoms with van der Waals surface area (Å²) in [6.45, 7) is 1.94. The van der Waals surface area contributed by atoms with E-state index in [9.17, 15) is 9.50 Å². The molecule has 0 saturated carbocycles. The Morgan fingerprint density at radius 2 is 2.22 bits per heavy atom. The highest BCUT2D eigenvalue weighted by atomic mass is 19.1. The summed E-state index contributed by atoms with van der Waals surface area (Å²) in [5, 5.41) is 12.8. The summed E-state index contributed by atoms with van der Waals surface area (Å²) in [5.41, 5.74) is 1.64. The van der Waals surface area contributed by atoms with Gasteiger partial charge in [-0.1, -0.05) is 12.2 Å². The van der Waals surface area contributed by atoms with Crippen molar-refractivity contribution in [2.75, 3.05) is 11.9 Å². The summed E-state index contributed by atoms with van der Waals surface area (Å²) in [6.07, 6.45) is 7.45. The highest BCUT2D eigenvalue weighted by Crippen LogP contribution is 2.24. The van der Waals surface area contributed by atoms with Gasteiger partial charge in [0.1, 0.15) is 5.82 Å². The van der Waals surface area contributed by atoms with Crippen LogP contribution in [0.25, 0.3) is 0 Å². The second-order valence-corrected chi connectivity index (χ2v) is 5.00. The molecule has 2 N–H and O–H groups in total. The van der Waals surface area contributed by atoms with Gasteiger partial charge in [-0.05, 0) is 55.9 Å². The van der Waals surface area contributed by atoms with Gasteiger partial charge in [0.15, 0.2) is 0 Å². The lowest BCUT2D eigenvalue weighted by Gasteiger charge is -2.28. The number of rotatable bonds is 4. The first-order chi connectivity index (χ1) is 8.69. The van der Waals surface area contributed by atoms with Crippen molar-refractivity contribution in [2.45, 2.75) is 32.2 Å². The average Bonchev–Trinajstić information content (AvgIpc) is 2.36. The second kappa shape index (κ2) is 6.01. The molecule has 2 atom stereocenters. The molecule has 1 aliphatic carbocycles. The van der Waals surface area contributed by atoms with Crippen LogP contribution >= 0.6 is 0 Å². The number of aryl methyl sites for hydroxylation is 1. The molecular weight excluding hydrogens is 229 g/mol. The van der Waals surface area contributed by atoms with E-state index in [1.165, 1.54) is 12.1 Å². The lowest BCUT2D eigenvalue weighted by Crippen LogP contribution is -2.33. The van der Waals surface area contributed by atoms with Crippen LogP contribution in [0.5, 0.6) is 0 Å². The molecule has 1 aromatic carbocycles. The van der Waals surface area contributed by atoms with Crippen molar-refractivity contribution in [1.29, 1.82) is 0 Å². The number of nitrogens with one attached hydrogen (secondary N) is 1. The molecule has 98 valence electrons. The van der Waals surface area contributed by atoms with Crippen molar-refractivity contribution in [3.05, 3.63) is 41.7 Å². The summed E-state index contributed by atoms with van der Waals surface area (Å²) in [7, 11) is 0. The van der Waals surface area contributed by atoms with Gasteiger partial charge in [-0.3, -0.25) is 0 Å². The van der Waals surface area contributed by atoms with E-state index in [0.29, 0.717) is 5.92 Å². The maximum atomic E-state index is 13.3. The zero-order valence-corrected chi connectivity index (χ0v) is 10.7. The van der Waals surface area contributed by atoms with Gasteiger partial charge in [-0.15, -0.1) is 0 Å². The minimum absolute atomic E-state index is 0.00356. The molecule has 0 spiro atoms. The molecule has 2 unspecified atom stereocenters. The molecule has 0 amide bonds. The van der Waals surface area contributed by atoms with Crippen LogP contribution in [-0.4, -0.2) is 17.8 Å². The minimum atomic E-state index is -0.238. The van der Waals surface area contributed by atoms with Crippen molar-refractivity contribution in [2.24, 2.45) is 5.92 Å². The third-order valence-electron chi connectivity index (χ3n) is 3.47. The molecule has 0 aromatic heterocycles. The van der Waals surface area contributed by atoms with Crippen LogP contribution in [0.3, 0.4) is 0 Å². The van der Waals surface area contributed by atoms with Gasteiger partial charge >= 0.3 is 0 Å². The molecule has 0 heterocycles. The molecule has 2 nitrogen and oxygen atoms in total. The van der Waals surface area contributed by atoms with E-state index in [1.807, 2.05) is 13.0 Å². The van der Waals surface area contributed by atoms with Gasteiger partial charge in [-0.2, -0.15) is 0 Å². The van der Waals surface area contributed by atoms with Crippen LogP contribution in [0, 0.1) is 18.7 Å². The zero-order valence-electron chi connectivity index (χ0n) is 10.7. The summed E-state index contributed by atoms with van der Waals surface area (Å²) >= 11 is 0. The van der Waals surface area contributed by atoms with Crippen LogP contribution in [0.15, 0.2) is 30.4 Å². The Hall–Kier alpha value is -1.35. The summed E-state index contributed by atoms with van der Waals surface area (Å²) < 4.78 is 13.3. The van der Waals surface area contributed by atoms with E-state index in [1.54, 1.807) is 0 Å². The first-order valence-electron chi connectivity index (χ1n) is 6.48. The second-order valence-electron chi connectivity index (χ2n) is 5.00. The van der Waals surface area contributed by atoms with Gasteiger partial charge in [0.2, 0.25) is 0 Å². The number of anilines is 1. The molecule has 1 aliphatic rings. The Kier molecular flexibility index (Phi) is 4.37. The van der Waals surface area contributed by atoms with E-state index in [2.05, 4.69) is 17.5 Å². The van der Waals surface area contributed by atoms with E-state index >= 15 is 0 Å². The third kappa shape index (κ3) is 3.33. The third-order valence-corrected chi connectivity index (χ3v) is 3.47. The van der Waals surface area contributed by atoms with Crippen LogP contribution < -0.4 is 5.32 Å². The summed E-state index contributed by atoms with van der Waals surface area (Å²) in [6, 6.07) is 4.89. The van der Waals surface area contributed by atoms with Gasteiger partial charge in [-0.25, -0.2) is 4.39 Å². The van der Waals surface area contributed by atoms with Crippen molar-refractivity contribution in [3.8, 4) is 0 Å². The van der Waals surface area contributed by atoms with Crippen molar-refractivity contribution in [3.63, 3.8) is 0 Å². The van der Waals surface area contributed by atoms with Gasteiger partial charge in [0.05, 0.1) is 12.6 Å². The van der Waals surface area contributed by atoms with E-state index < -0.39 is 0 Å². The van der Waals surface area contributed by atoms with Crippen LogP contribution in [0.4, 0.5) is 10.1 Å². The Bertz CT molecular complexity index is 410. The number of allylic oxidation sites excluding steroid dienone is 2. The van der Waals surface area contributed by atoms with Crippen LogP contribution in [0.2, 0.25) is 0 Å². The number of benzene rings is 1. The molecule has 1 aromatic rings. The van der Waals surface area contributed by atoms with Gasteiger partial charge in [0.25, 0.3) is 0 Å². The average molecular weight is 249 g/mol. The Morgan fingerprint density at radius 3 is 2.83 bits per heavy atom. The normalized spacial score (nSPS) is 20.7. The fourth-order valence-electron chi connectivity index (χ4n) is 2.53. The maximum Gasteiger partial charge on any atom is 0.125 e. The molecule has 3 heteroatoms. The fraction of sp³-hybridized carbons (Fsp3) is 0.467. The van der Waals surface area contributed by atoms with Crippen LogP contribution in [0.1, 0.15) is 24.8 Å². The highest BCUT2D eigenvalue weighted by Gasteiger charge is 2.21. The molecule has 2 rings (SSSR count). The lowest BCUT2D eigenvalue weighted by molar-refractivity contribution is 0.230. The number of aliphatic hydroxyl groups excluding tert-OH is 1. The molecule has 0 saturated heterocycles. The lowest BCUT2D eigenvalue weighted by atomic mass is 9.88. The standard InChI is InChI=1S/C15H20FNO/c1-11-7-13(16)9-14(8-11)17-15(10-18)12-5-3-2-4-6-12/h2-3,7-9,12,15,17-18H,4-6,10H2,1H3. The Morgan fingerprint density at radius 1 is 1.39 bits per heavy atom. The number of hydrogen-bond acceptors (Lipinski definition) is 2. The number of aliphatic hydroxyl groups is 1. The topological polar surface area (TPSA) is 32.3 Å². The van der Waals surface area contributed by atoms with Crippen molar-refractivity contribution in [1.82, 2.24) is 0 Å². The highest BCUT2D eigenvalue weighted by molar-refractivity contribution is 5.47. The van der Waals surface area contributed by atoms with Crippen molar-refractivity contribution >= 4 is 5.69 Å². The maximum absolute atomic E-state index is 13.3. The predicted octanol–water partition coefficient (Wildman–Crippen LogP) is 3.26. The molecular formula is C15H20FNO. The smallest absolute Gasteiger partial charge is 0.125 e. The SMILES string of the molecule is Cc1cc(F)cc(NC(CO)C2CC=CCC2)c1. The zero-order chi connectivity index (χ0) is 13.0. The molecule has 0 bridgehead atoms. The fourth-order valence-corrected chi connectivity index (χ4v) is 2.53. The number of halogens is 1. The summed E-state index contributed by atoms with van der Waals surface area (Å²) in [4.78, 5) is 0. The van der Waals surface area contributed by atoms with Gasteiger partial charge < -0.3 is 10.4 Å². The van der Waals surface area contributed by atoms with Gasteiger partial charge in [0, 0.05) is 5.69 Å². The van der Waals surface area contributed by atoms with Crippen LogP contribution in [-0.2, 0) is 0 Å². The quantitative estimate of drug-likeness (QED) is 0.803. The van der Waals surface area contributed by atoms with E-state index in [4.69, 9.17) is 0 Å². The summed E-state index contributed by atoms with van der Waals surface area (Å²) in [5.74, 6) is 0.182. The minimum Gasteiger partial charge on any atom is -0.394 e. The Labute approximate surface area is 108 Å². The first-order valence-corrected chi connectivity index (χ1v) is 6.48. The van der Waals surface area contributed by atoms with Crippen molar-refractivity contribution < 1.29 is 9.50 Å².